The minimum Gasteiger partial charge on any atom is -0.395 e. The van der Waals surface area contributed by atoms with Crippen LogP contribution in [0.5, 0.6) is 0 Å². The lowest BCUT2D eigenvalue weighted by atomic mass is 10.0. The van der Waals surface area contributed by atoms with Crippen LogP contribution in [0.15, 0.2) is 15.8 Å². The lowest BCUT2D eigenvalue weighted by molar-refractivity contribution is 0.0573. The smallest absolute Gasteiger partial charge is 0.329 e. The van der Waals surface area contributed by atoms with Crippen molar-refractivity contribution in [3.8, 4) is 0 Å². The van der Waals surface area contributed by atoms with Crippen LogP contribution in [-0.4, -0.2) is 48.9 Å². The van der Waals surface area contributed by atoms with Crippen LogP contribution in [-0.2, 0) is 0 Å². The van der Waals surface area contributed by atoms with Gasteiger partial charge < -0.3 is 15.3 Å². The van der Waals surface area contributed by atoms with Crippen LogP contribution in [0, 0.1) is 6.92 Å². The van der Waals surface area contributed by atoms with Crippen LogP contribution in [0.25, 0.3) is 0 Å². The van der Waals surface area contributed by atoms with Crippen LogP contribution in [0.1, 0.15) is 17.4 Å². The van der Waals surface area contributed by atoms with Crippen LogP contribution in [0.4, 0.5) is 0 Å². The minimum absolute atomic E-state index is 0.219. The highest BCUT2D eigenvalue weighted by atomic mass is 32.2. The van der Waals surface area contributed by atoms with E-state index in [1.807, 2.05) is 0 Å². The molecule has 4 N–H and O–H groups in total. The second kappa shape index (κ2) is 5.12. The third kappa shape index (κ3) is 2.36. The molecule has 1 aromatic heterocycles. The molecule has 1 aliphatic rings. The number of aliphatic hydroxyl groups is 3. The van der Waals surface area contributed by atoms with Gasteiger partial charge in [-0.15, -0.1) is 11.8 Å². The van der Waals surface area contributed by atoms with E-state index in [1.165, 1.54) is 10.8 Å². The molecular weight excluding hydrogens is 272 g/mol. The Morgan fingerprint density at radius 2 is 2.11 bits per heavy atom. The molecule has 0 amide bonds. The fraction of sp³-hybridized carbons (Fsp3) is 0.636. The lowest BCUT2D eigenvalue weighted by Gasteiger charge is -2.26. The van der Waals surface area contributed by atoms with Crippen molar-refractivity contribution in [2.45, 2.75) is 29.6 Å². The number of nitrogens with one attached hydrogen (secondary N) is 1. The molecule has 0 aliphatic carbocycles. The maximum atomic E-state index is 11.8. The van der Waals surface area contributed by atoms with Gasteiger partial charge in [0.15, 0.2) is 0 Å². The predicted octanol–water partition coefficient (Wildman–Crippen LogP) is -1.44. The van der Waals surface area contributed by atoms with Gasteiger partial charge in [-0.1, -0.05) is 0 Å². The summed E-state index contributed by atoms with van der Waals surface area (Å²) in [7, 11) is 0. The molecule has 1 aromatic rings. The molecule has 0 aromatic carbocycles. The number of aryl methyl sites for hydroxylation is 1. The zero-order chi connectivity index (χ0) is 14.2. The number of thioether (sulfide) groups is 1. The van der Waals surface area contributed by atoms with E-state index in [0.29, 0.717) is 5.56 Å². The number of hydrogen-bond donors (Lipinski definition) is 4. The number of rotatable bonds is 3. The second-order valence-electron chi connectivity index (χ2n) is 4.68. The first-order valence-corrected chi connectivity index (χ1v) is 6.71. The van der Waals surface area contributed by atoms with Crippen molar-refractivity contribution in [2.24, 2.45) is 0 Å². The van der Waals surface area contributed by atoms with E-state index in [0.717, 1.165) is 11.8 Å². The predicted molar refractivity (Wildman–Crippen MR) is 70.2 cm³/mol. The average molecular weight is 288 g/mol. The maximum Gasteiger partial charge on any atom is 0.329 e. The number of nitrogens with zero attached hydrogens (tertiary/aromatic N) is 1. The molecule has 2 atom stereocenters. The standard InChI is InChI=1S/C11H16N2O5S/c1-6-3-13(10(18)12-9(6)17)8-2-7(16)11(4-14,5-15)19-8/h3,7-8,14-16H,2,4-5H2,1H3,(H,12,17,18)/t7-,8+/m0/s1. The van der Waals surface area contributed by atoms with E-state index in [2.05, 4.69) is 4.98 Å². The molecule has 0 bridgehead atoms. The molecule has 0 radical (unpaired) electrons. The molecular formula is C11H16N2O5S. The Kier molecular flexibility index (Phi) is 3.86. The molecule has 1 saturated heterocycles. The highest BCUT2D eigenvalue weighted by Crippen LogP contribution is 2.48. The van der Waals surface area contributed by atoms with Gasteiger partial charge in [-0.05, 0) is 6.92 Å². The molecule has 7 nitrogen and oxygen atoms in total. The van der Waals surface area contributed by atoms with Gasteiger partial charge >= 0.3 is 5.69 Å². The summed E-state index contributed by atoms with van der Waals surface area (Å²) in [4.78, 5) is 25.3. The summed E-state index contributed by atoms with van der Waals surface area (Å²) in [5.41, 5.74) is -0.618. The van der Waals surface area contributed by atoms with Crippen LogP contribution < -0.4 is 11.2 Å². The summed E-state index contributed by atoms with van der Waals surface area (Å²) in [5, 5.41) is 28.2. The van der Waals surface area contributed by atoms with Gasteiger partial charge in [0.1, 0.15) is 0 Å². The zero-order valence-corrected chi connectivity index (χ0v) is 11.2. The van der Waals surface area contributed by atoms with Gasteiger partial charge in [-0.25, -0.2) is 4.79 Å². The Balaban J connectivity index is 2.38. The van der Waals surface area contributed by atoms with Crippen molar-refractivity contribution in [1.82, 2.24) is 9.55 Å². The molecule has 0 saturated carbocycles. The quantitative estimate of drug-likeness (QED) is 0.542. The number of aromatic amines is 1. The van der Waals surface area contributed by atoms with Gasteiger partial charge in [0.25, 0.3) is 5.56 Å². The van der Waals surface area contributed by atoms with Gasteiger partial charge in [-0.3, -0.25) is 14.3 Å². The highest BCUT2D eigenvalue weighted by Gasteiger charge is 2.47. The Morgan fingerprint density at radius 3 is 2.63 bits per heavy atom. The SMILES string of the molecule is Cc1cn([C@H]2C[C@H](O)C(CO)(CO)S2)c(=O)[nH]c1=O. The summed E-state index contributed by atoms with van der Waals surface area (Å²) < 4.78 is 0.242. The molecule has 2 heterocycles. The summed E-state index contributed by atoms with van der Waals surface area (Å²) in [6, 6.07) is 0. The monoisotopic (exact) mass is 288 g/mol. The second-order valence-corrected chi connectivity index (χ2v) is 6.28. The number of aliphatic hydroxyl groups excluding tert-OH is 3. The minimum atomic E-state index is -1.08. The molecule has 1 fully saturated rings. The van der Waals surface area contributed by atoms with Crippen molar-refractivity contribution in [1.29, 1.82) is 0 Å². The number of aromatic nitrogens is 2. The van der Waals surface area contributed by atoms with Gasteiger partial charge in [0, 0.05) is 18.2 Å². The zero-order valence-electron chi connectivity index (χ0n) is 10.4. The van der Waals surface area contributed by atoms with E-state index >= 15 is 0 Å². The Hall–Kier alpha value is -1.09. The normalized spacial score (nSPS) is 25.7. The molecule has 8 heteroatoms. The van der Waals surface area contributed by atoms with E-state index in [9.17, 15) is 24.9 Å². The van der Waals surface area contributed by atoms with Gasteiger partial charge in [0.05, 0.1) is 29.4 Å². The van der Waals surface area contributed by atoms with Crippen LogP contribution >= 0.6 is 11.8 Å². The van der Waals surface area contributed by atoms with Crippen LogP contribution in [0.3, 0.4) is 0 Å². The van der Waals surface area contributed by atoms with Crippen molar-refractivity contribution in [3.05, 3.63) is 32.6 Å². The summed E-state index contributed by atoms with van der Waals surface area (Å²) in [6.45, 7) is 0.808. The maximum absolute atomic E-state index is 11.8. The first kappa shape index (κ1) is 14.3. The van der Waals surface area contributed by atoms with Crippen molar-refractivity contribution in [2.75, 3.05) is 13.2 Å². The largest absolute Gasteiger partial charge is 0.395 e. The first-order valence-electron chi connectivity index (χ1n) is 5.83. The third-order valence-corrected chi connectivity index (χ3v) is 5.09. The van der Waals surface area contributed by atoms with Gasteiger partial charge in [0.2, 0.25) is 0 Å². The van der Waals surface area contributed by atoms with E-state index in [-0.39, 0.29) is 19.6 Å². The molecule has 0 unspecified atom stereocenters. The third-order valence-electron chi connectivity index (χ3n) is 3.39. The summed E-state index contributed by atoms with van der Waals surface area (Å²) in [5.74, 6) is 0. The van der Waals surface area contributed by atoms with E-state index in [4.69, 9.17) is 0 Å². The van der Waals surface area contributed by atoms with Crippen LogP contribution in [0.2, 0.25) is 0 Å². The van der Waals surface area contributed by atoms with Crippen molar-refractivity contribution < 1.29 is 15.3 Å². The highest BCUT2D eigenvalue weighted by molar-refractivity contribution is 8.01. The van der Waals surface area contributed by atoms with E-state index in [1.54, 1.807) is 6.92 Å². The lowest BCUT2D eigenvalue weighted by Crippen LogP contribution is -2.42. The van der Waals surface area contributed by atoms with Crippen molar-refractivity contribution >= 4 is 11.8 Å². The fourth-order valence-electron chi connectivity index (χ4n) is 2.11. The fourth-order valence-corrected chi connectivity index (χ4v) is 3.60. The first-order chi connectivity index (χ1) is 8.93. The summed E-state index contributed by atoms with van der Waals surface area (Å²) in [6.07, 6.45) is 0.727. The molecule has 0 spiro atoms. The average Bonchev–Trinajstić information content (AvgIpc) is 2.71. The Labute approximate surface area is 112 Å². The number of H-pyrrole nitrogens is 1. The van der Waals surface area contributed by atoms with Crippen molar-refractivity contribution in [3.63, 3.8) is 0 Å². The molecule has 2 rings (SSSR count). The molecule has 19 heavy (non-hydrogen) atoms. The Bertz CT molecular complexity index is 577. The van der Waals surface area contributed by atoms with Gasteiger partial charge in [-0.2, -0.15) is 0 Å². The summed E-state index contributed by atoms with van der Waals surface area (Å²) >= 11 is 1.14. The topological polar surface area (TPSA) is 116 Å². The Morgan fingerprint density at radius 1 is 1.47 bits per heavy atom. The number of hydrogen-bond acceptors (Lipinski definition) is 6. The van der Waals surface area contributed by atoms with E-state index < -0.39 is 27.5 Å². The molecule has 106 valence electrons. The molecule has 1 aliphatic heterocycles.